The van der Waals surface area contributed by atoms with Gasteiger partial charge in [-0.15, -0.1) is 0 Å². The molecule has 3 aromatic rings. The Labute approximate surface area is 165 Å². The minimum Gasteiger partial charge on any atom is -0.439 e. The standard InChI is InChI=1S/C23H25N3O2/c1-2-21-20(23(24)27)12-13-22(26-21)28-19-10-8-18(9-11-19)16-25-15-14-17-6-4-3-5-7-17/h3-13,25H,2,14-16H2,1H3,(H2,24,27). The topological polar surface area (TPSA) is 77.2 Å². The molecule has 0 unspecified atom stereocenters. The summed E-state index contributed by atoms with van der Waals surface area (Å²) in [7, 11) is 0. The second-order valence-electron chi connectivity index (χ2n) is 6.52. The van der Waals surface area contributed by atoms with Crippen molar-refractivity contribution in [1.29, 1.82) is 0 Å². The number of amides is 1. The molecule has 0 fully saturated rings. The Hall–Kier alpha value is -3.18. The summed E-state index contributed by atoms with van der Waals surface area (Å²) >= 11 is 0. The Balaban J connectivity index is 1.52. The Morgan fingerprint density at radius 1 is 1.00 bits per heavy atom. The highest BCUT2D eigenvalue weighted by Crippen LogP contribution is 2.21. The first kappa shape index (κ1) is 19.6. The molecule has 28 heavy (non-hydrogen) atoms. The Morgan fingerprint density at radius 3 is 2.43 bits per heavy atom. The monoisotopic (exact) mass is 375 g/mol. The van der Waals surface area contributed by atoms with Gasteiger partial charge in [0.1, 0.15) is 5.75 Å². The van der Waals surface area contributed by atoms with Crippen molar-refractivity contribution >= 4 is 5.91 Å². The summed E-state index contributed by atoms with van der Waals surface area (Å²) in [6.07, 6.45) is 1.62. The molecule has 0 bridgehead atoms. The van der Waals surface area contributed by atoms with E-state index in [1.165, 1.54) is 11.1 Å². The van der Waals surface area contributed by atoms with Gasteiger partial charge in [-0.25, -0.2) is 4.98 Å². The van der Waals surface area contributed by atoms with Gasteiger partial charge >= 0.3 is 0 Å². The van der Waals surface area contributed by atoms with Gasteiger partial charge in [0.2, 0.25) is 5.88 Å². The Bertz CT molecular complexity index is 909. The molecule has 0 spiro atoms. The van der Waals surface area contributed by atoms with E-state index in [0.29, 0.717) is 29.3 Å². The molecule has 5 heteroatoms. The number of aromatic nitrogens is 1. The van der Waals surface area contributed by atoms with Crippen LogP contribution in [0.1, 0.15) is 34.1 Å². The Kier molecular flexibility index (Phi) is 6.76. The molecule has 3 N–H and O–H groups in total. The van der Waals surface area contributed by atoms with Crippen LogP contribution in [-0.4, -0.2) is 17.4 Å². The summed E-state index contributed by atoms with van der Waals surface area (Å²) in [6, 6.07) is 21.7. The van der Waals surface area contributed by atoms with Gasteiger partial charge in [-0.1, -0.05) is 49.4 Å². The van der Waals surface area contributed by atoms with Crippen LogP contribution in [0.4, 0.5) is 0 Å². The summed E-state index contributed by atoms with van der Waals surface area (Å²) in [4.78, 5) is 15.8. The quantitative estimate of drug-likeness (QED) is 0.557. The summed E-state index contributed by atoms with van der Waals surface area (Å²) in [6.45, 7) is 3.66. The maximum Gasteiger partial charge on any atom is 0.250 e. The van der Waals surface area contributed by atoms with Crippen molar-refractivity contribution in [2.24, 2.45) is 5.73 Å². The molecular weight excluding hydrogens is 350 g/mol. The maximum absolute atomic E-state index is 11.4. The summed E-state index contributed by atoms with van der Waals surface area (Å²) in [5, 5.41) is 3.45. The molecule has 0 saturated carbocycles. The number of ether oxygens (including phenoxy) is 1. The van der Waals surface area contributed by atoms with Crippen molar-refractivity contribution in [3.63, 3.8) is 0 Å². The zero-order valence-corrected chi connectivity index (χ0v) is 16.0. The van der Waals surface area contributed by atoms with E-state index >= 15 is 0 Å². The van der Waals surface area contributed by atoms with E-state index in [9.17, 15) is 4.79 Å². The molecule has 5 nitrogen and oxygen atoms in total. The fraction of sp³-hybridized carbons (Fsp3) is 0.217. The van der Waals surface area contributed by atoms with Gasteiger partial charge in [-0.2, -0.15) is 0 Å². The third-order valence-corrected chi connectivity index (χ3v) is 4.46. The van der Waals surface area contributed by atoms with Gasteiger partial charge in [-0.05, 0) is 48.7 Å². The molecule has 0 atom stereocenters. The van der Waals surface area contributed by atoms with Gasteiger partial charge in [0, 0.05) is 12.6 Å². The number of hydrogen-bond donors (Lipinski definition) is 2. The highest BCUT2D eigenvalue weighted by molar-refractivity contribution is 5.93. The lowest BCUT2D eigenvalue weighted by molar-refractivity contribution is 0.0999. The highest BCUT2D eigenvalue weighted by Gasteiger charge is 2.10. The molecule has 0 saturated heterocycles. The molecular formula is C23H25N3O2. The largest absolute Gasteiger partial charge is 0.439 e. The molecule has 0 aliphatic rings. The second-order valence-corrected chi connectivity index (χ2v) is 6.52. The van der Waals surface area contributed by atoms with Crippen LogP contribution < -0.4 is 15.8 Å². The average molecular weight is 375 g/mol. The highest BCUT2D eigenvalue weighted by atomic mass is 16.5. The van der Waals surface area contributed by atoms with E-state index in [1.54, 1.807) is 12.1 Å². The van der Waals surface area contributed by atoms with Crippen LogP contribution in [-0.2, 0) is 19.4 Å². The minimum absolute atomic E-state index is 0.437. The molecule has 0 aliphatic carbocycles. The molecule has 2 aromatic carbocycles. The Morgan fingerprint density at radius 2 is 1.75 bits per heavy atom. The van der Waals surface area contributed by atoms with Crippen LogP contribution >= 0.6 is 0 Å². The predicted molar refractivity (Wildman–Crippen MR) is 111 cm³/mol. The van der Waals surface area contributed by atoms with Crippen molar-refractivity contribution in [3.8, 4) is 11.6 Å². The van der Waals surface area contributed by atoms with E-state index in [0.717, 1.165) is 19.5 Å². The third-order valence-electron chi connectivity index (χ3n) is 4.46. The first-order valence-corrected chi connectivity index (χ1v) is 9.47. The molecule has 1 aromatic heterocycles. The number of nitrogens with two attached hydrogens (primary N) is 1. The van der Waals surface area contributed by atoms with E-state index in [2.05, 4.69) is 34.6 Å². The van der Waals surface area contributed by atoms with Crippen molar-refractivity contribution in [1.82, 2.24) is 10.3 Å². The summed E-state index contributed by atoms with van der Waals surface area (Å²) in [5.74, 6) is 0.685. The number of nitrogens with one attached hydrogen (secondary N) is 1. The summed E-state index contributed by atoms with van der Waals surface area (Å²) < 4.78 is 5.81. The second kappa shape index (κ2) is 9.67. The van der Waals surface area contributed by atoms with Gasteiger partial charge < -0.3 is 15.8 Å². The fourth-order valence-corrected chi connectivity index (χ4v) is 2.94. The van der Waals surface area contributed by atoms with E-state index in [4.69, 9.17) is 10.5 Å². The van der Waals surface area contributed by atoms with Crippen molar-refractivity contribution in [2.75, 3.05) is 6.54 Å². The lowest BCUT2D eigenvalue weighted by atomic mass is 10.1. The first-order valence-electron chi connectivity index (χ1n) is 9.47. The van der Waals surface area contributed by atoms with Gasteiger partial charge in [-0.3, -0.25) is 4.79 Å². The minimum atomic E-state index is -0.472. The number of carbonyl (C=O) groups is 1. The van der Waals surface area contributed by atoms with Gasteiger partial charge in [0.05, 0.1) is 11.3 Å². The maximum atomic E-state index is 11.4. The van der Waals surface area contributed by atoms with Crippen molar-refractivity contribution in [3.05, 3.63) is 89.1 Å². The van der Waals surface area contributed by atoms with Crippen molar-refractivity contribution < 1.29 is 9.53 Å². The number of benzene rings is 2. The number of nitrogens with zero attached hydrogens (tertiary/aromatic N) is 1. The molecule has 0 aliphatic heterocycles. The molecule has 1 amide bonds. The normalized spacial score (nSPS) is 10.6. The number of pyridine rings is 1. The van der Waals surface area contributed by atoms with Crippen LogP contribution in [0.2, 0.25) is 0 Å². The van der Waals surface area contributed by atoms with E-state index in [1.807, 2.05) is 37.3 Å². The SMILES string of the molecule is CCc1nc(Oc2ccc(CNCCc3ccccc3)cc2)ccc1C(N)=O. The molecule has 1 heterocycles. The average Bonchev–Trinajstić information content (AvgIpc) is 2.73. The predicted octanol–water partition coefficient (Wildman–Crippen LogP) is 3.87. The molecule has 3 rings (SSSR count). The zero-order valence-electron chi connectivity index (χ0n) is 16.0. The van der Waals surface area contributed by atoms with Crippen LogP contribution in [0.3, 0.4) is 0 Å². The van der Waals surface area contributed by atoms with Gasteiger partial charge in [0.25, 0.3) is 5.91 Å². The number of carbonyl (C=O) groups excluding carboxylic acids is 1. The fourth-order valence-electron chi connectivity index (χ4n) is 2.94. The third kappa shape index (κ3) is 5.41. The number of hydrogen-bond acceptors (Lipinski definition) is 4. The van der Waals surface area contributed by atoms with Crippen LogP contribution in [0.5, 0.6) is 11.6 Å². The van der Waals surface area contributed by atoms with E-state index < -0.39 is 5.91 Å². The smallest absolute Gasteiger partial charge is 0.250 e. The lowest BCUT2D eigenvalue weighted by Gasteiger charge is -2.09. The van der Waals surface area contributed by atoms with Crippen LogP contribution in [0.25, 0.3) is 0 Å². The summed E-state index contributed by atoms with van der Waals surface area (Å²) in [5.41, 5.74) is 8.97. The van der Waals surface area contributed by atoms with Crippen LogP contribution in [0.15, 0.2) is 66.7 Å². The van der Waals surface area contributed by atoms with Crippen molar-refractivity contribution in [2.45, 2.75) is 26.3 Å². The zero-order chi connectivity index (χ0) is 19.8. The van der Waals surface area contributed by atoms with Gasteiger partial charge in [0.15, 0.2) is 0 Å². The molecule has 0 radical (unpaired) electrons. The number of rotatable bonds is 9. The van der Waals surface area contributed by atoms with Crippen LogP contribution in [0, 0.1) is 0 Å². The van der Waals surface area contributed by atoms with E-state index in [-0.39, 0.29) is 0 Å². The first-order chi connectivity index (χ1) is 13.7. The lowest BCUT2D eigenvalue weighted by Crippen LogP contribution is -2.16. The molecule has 144 valence electrons. The number of primary amides is 1. The number of aryl methyl sites for hydroxylation is 1.